The average molecular weight is 316 g/mol. The van der Waals surface area contributed by atoms with E-state index >= 15 is 0 Å². The fourth-order valence-corrected chi connectivity index (χ4v) is 2.77. The number of hydrogen-bond acceptors (Lipinski definition) is 3. The Morgan fingerprint density at radius 2 is 1.33 bits per heavy atom. The van der Waals surface area contributed by atoms with Crippen LogP contribution in [0, 0.1) is 0 Å². The number of rotatable bonds is 4. The maximum absolute atomic E-state index is 13.1. The van der Waals surface area contributed by atoms with Crippen molar-refractivity contribution in [3.05, 3.63) is 66.2 Å². The summed E-state index contributed by atoms with van der Waals surface area (Å²) in [5.74, 6) is 0. The van der Waals surface area contributed by atoms with Gasteiger partial charge in [0, 0.05) is 0 Å². The Kier molecular flexibility index (Phi) is 4.34. The van der Waals surface area contributed by atoms with Gasteiger partial charge < -0.3 is 0 Å². The Morgan fingerprint density at radius 3 is 1.81 bits per heavy atom. The molecule has 0 spiro atoms. The second kappa shape index (κ2) is 5.87. The lowest BCUT2D eigenvalue weighted by Crippen LogP contribution is -2.26. The van der Waals surface area contributed by atoms with Gasteiger partial charge in [-0.3, -0.25) is 0 Å². The van der Waals surface area contributed by atoms with E-state index in [2.05, 4.69) is 4.18 Å². The van der Waals surface area contributed by atoms with Crippen molar-refractivity contribution >= 4 is 10.1 Å². The molecule has 0 saturated heterocycles. The second-order valence-corrected chi connectivity index (χ2v) is 5.77. The second-order valence-electron chi connectivity index (χ2n) is 4.20. The molecule has 1 atom stereocenters. The van der Waals surface area contributed by atoms with Crippen LogP contribution < -0.4 is 0 Å². The Hall–Kier alpha value is -1.86. The third kappa shape index (κ3) is 3.83. The van der Waals surface area contributed by atoms with Crippen molar-refractivity contribution in [3.63, 3.8) is 0 Å². The van der Waals surface area contributed by atoms with Crippen molar-refractivity contribution in [1.82, 2.24) is 0 Å². The monoisotopic (exact) mass is 316 g/mol. The molecule has 0 aliphatic rings. The summed E-state index contributed by atoms with van der Waals surface area (Å²) in [5, 5.41) is 0. The molecule has 0 saturated carbocycles. The van der Waals surface area contributed by atoms with Crippen molar-refractivity contribution in [2.24, 2.45) is 0 Å². The molecule has 7 heteroatoms. The zero-order valence-corrected chi connectivity index (χ0v) is 11.4. The predicted octanol–water partition coefficient (Wildman–Crippen LogP) is 3.70. The molecule has 2 aromatic carbocycles. The number of benzene rings is 2. The molecule has 2 rings (SSSR count). The maximum atomic E-state index is 13.1. The molecule has 3 nitrogen and oxygen atoms in total. The van der Waals surface area contributed by atoms with E-state index in [0.29, 0.717) is 0 Å². The zero-order valence-electron chi connectivity index (χ0n) is 10.6. The topological polar surface area (TPSA) is 43.4 Å². The van der Waals surface area contributed by atoms with Gasteiger partial charge in [-0.25, -0.2) is 4.18 Å². The third-order valence-corrected chi connectivity index (χ3v) is 3.95. The minimum Gasteiger partial charge on any atom is -0.248 e. The van der Waals surface area contributed by atoms with E-state index in [0.717, 1.165) is 0 Å². The first-order chi connectivity index (χ1) is 9.81. The summed E-state index contributed by atoms with van der Waals surface area (Å²) in [5.41, 5.74) is -0.274. The van der Waals surface area contributed by atoms with Crippen LogP contribution in [-0.2, 0) is 14.3 Å². The minimum atomic E-state index is -4.84. The number of halogens is 3. The highest BCUT2D eigenvalue weighted by Gasteiger charge is 2.45. The highest BCUT2D eigenvalue weighted by molar-refractivity contribution is 7.86. The van der Waals surface area contributed by atoms with Crippen LogP contribution in [0.4, 0.5) is 13.2 Å². The van der Waals surface area contributed by atoms with Crippen LogP contribution in [0.5, 0.6) is 0 Å². The molecule has 0 bridgehead atoms. The smallest absolute Gasteiger partial charge is 0.248 e. The van der Waals surface area contributed by atoms with E-state index in [1.54, 1.807) is 6.07 Å². The fourth-order valence-electron chi connectivity index (χ4n) is 1.70. The number of hydrogen-bond donors (Lipinski definition) is 0. The van der Waals surface area contributed by atoms with Gasteiger partial charge in [-0.15, -0.1) is 0 Å². The molecule has 21 heavy (non-hydrogen) atoms. The zero-order chi connectivity index (χ0) is 15.5. The molecule has 0 radical (unpaired) electrons. The first kappa shape index (κ1) is 15.5. The first-order valence-corrected chi connectivity index (χ1v) is 7.31. The van der Waals surface area contributed by atoms with Crippen molar-refractivity contribution < 1.29 is 25.8 Å². The van der Waals surface area contributed by atoms with Crippen LogP contribution in [0.1, 0.15) is 11.7 Å². The van der Waals surface area contributed by atoms with Gasteiger partial charge in [-0.2, -0.15) is 21.6 Å². The molecule has 0 unspecified atom stereocenters. The van der Waals surface area contributed by atoms with Crippen LogP contribution in [0.15, 0.2) is 65.6 Å². The Bertz CT molecular complexity index is 682. The summed E-state index contributed by atoms with van der Waals surface area (Å²) in [6.07, 6.45) is -7.38. The lowest BCUT2D eigenvalue weighted by molar-refractivity contribution is -0.196. The fraction of sp³-hybridized carbons (Fsp3) is 0.143. The molecule has 0 fully saturated rings. The summed E-state index contributed by atoms with van der Waals surface area (Å²) in [6, 6.07) is 13.3. The van der Waals surface area contributed by atoms with E-state index < -0.39 is 22.4 Å². The highest BCUT2D eigenvalue weighted by Crippen LogP contribution is 2.38. The van der Waals surface area contributed by atoms with Crippen molar-refractivity contribution in [1.29, 1.82) is 0 Å². The van der Waals surface area contributed by atoms with Gasteiger partial charge in [0.25, 0.3) is 10.1 Å². The molecule has 0 aliphatic heterocycles. The van der Waals surface area contributed by atoms with Crippen LogP contribution in [0.2, 0.25) is 0 Å². The van der Waals surface area contributed by atoms with E-state index in [4.69, 9.17) is 0 Å². The Morgan fingerprint density at radius 1 is 0.857 bits per heavy atom. The average Bonchev–Trinajstić information content (AvgIpc) is 2.46. The van der Waals surface area contributed by atoms with Gasteiger partial charge >= 0.3 is 6.18 Å². The van der Waals surface area contributed by atoms with Crippen LogP contribution in [0.3, 0.4) is 0 Å². The summed E-state index contributed by atoms with van der Waals surface area (Å²) in [4.78, 5) is -0.324. The summed E-state index contributed by atoms with van der Waals surface area (Å²) in [7, 11) is -4.51. The molecule has 0 aliphatic carbocycles. The molecule has 0 N–H and O–H groups in total. The molecule has 0 heterocycles. The standard InChI is InChI=1S/C14H11F3O3S/c15-14(16,17)13(11-7-3-1-4-8-11)20-21(18,19)12-9-5-2-6-10-12/h1-10,13H/t13-/m1/s1. The molecule has 2 aromatic rings. The molecular formula is C14H11F3O3S. The highest BCUT2D eigenvalue weighted by atomic mass is 32.2. The lowest BCUT2D eigenvalue weighted by atomic mass is 10.1. The normalized spacial score (nSPS) is 13.9. The molecule has 0 amide bonds. The van der Waals surface area contributed by atoms with Crippen LogP contribution >= 0.6 is 0 Å². The molecular weight excluding hydrogens is 305 g/mol. The minimum absolute atomic E-state index is 0.274. The number of alkyl halides is 3. The predicted molar refractivity (Wildman–Crippen MR) is 70.0 cm³/mol. The van der Waals surface area contributed by atoms with Gasteiger partial charge in [0.15, 0.2) is 6.10 Å². The van der Waals surface area contributed by atoms with Gasteiger partial charge in [-0.1, -0.05) is 48.5 Å². The third-order valence-electron chi connectivity index (χ3n) is 2.65. The van der Waals surface area contributed by atoms with Crippen molar-refractivity contribution in [3.8, 4) is 0 Å². The van der Waals surface area contributed by atoms with E-state index in [1.807, 2.05) is 0 Å². The Balaban J connectivity index is 2.37. The molecule has 0 aromatic heterocycles. The van der Waals surface area contributed by atoms with Crippen molar-refractivity contribution in [2.75, 3.05) is 0 Å². The van der Waals surface area contributed by atoms with Crippen LogP contribution in [0.25, 0.3) is 0 Å². The van der Waals surface area contributed by atoms with Gasteiger partial charge in [0.05, 0.1) is 4.90 Å². The summed E-state index contributed by atoms with van der Waals surface area (Å²) < 4.78 is 67.5. The summed E-state index contributed by atoms with van der Waals surface area (Å²) >= 11 is 0. The van der Waals surface area contributed by atoms with Gasteiger partial charge in [0.1, 0.15) is 0 Å². The maximum Gasteiger partial charge on any atom is 0.420 e. The van der Waals surface area contributed by atoms with E-state index in [9.17, 15) is 21.6 Å². The van der Waals surface area contributed by atoms with E-state index in [1.165, 1.54) is 54.6 Å². The Labute approximate surface area is 120 Å². The van der Waals surface area contributed by atoms with Crippen LogP contribution in [-0.4, -0.2) is 14.6 Å². The quantitative estimate of drug-likeness (QED) is 0.808. The van der Waals surface area contributed by atoms with Crippen molar-refractivity contribution in [2.45, 2.75) is 17.2 Å². The largest absolute Gasteiger partial charge is 0.420 e. The summed E-state index contributed by atoms with van der Waals surface area (Å²) in [6.45, 7) is 0. The van der Waals surface area contributed by atoms with Gasteiger partial charge in [-0.05, 0) is 17.7 Å². The van der Waals surface area contributed by atoms with E-state index in [-0.39, 0.29) is 10.5 Å². The van der Waals surface area contributed by atoms with Gasteiger partial charge in [0.2, 0.25) is 0 Å². The first-order valence-electron chi connectivity index (χ1n) is 5.91. The lowest BCUT2D eigenvalue weighted by Gasteiger charge is -2.20. The SMILES string of the molecule is O=S(=O)(O[C@H](c1ccccc1)C(F)(F)F)c1ccccc1. The molecule has 112 valence electrons.